The van der Waals surface area contributed by atoms with Gasteiger partial charge >= 0.3 is 0 Å². The van der Waals surface area contributed by atoms with Gasteiger partial charge in [-0.2, -0.15) is 0 Å². The first-order valence-electron chi connectivity index (χ1n) is 8.84. The maximum absolute atomic E-state index is 12.3. The van der Waals surface area contributed by atoms with Crippen molar-refractivity contribution in [3.05, 3.63) is 51.8 Å². The van der Waals surface area contributed by atoms with Crippen molar-refractivity contribution in [2.75, 3.05) is 26.6 Å². The van der Waals surface area contributed by atoms with Crippen LogP contribution in [0.5, 0.6) is 17.2 Å². The first kappa shape index (κ1) is 21.1. The van der Waals surface area contributed by atoms with Gasteiger partial charge in [-0.25, -0.2) is 4.98 Å². The molecule has 0 saturated carbocycles. The normalized spacial score (nSPS) is 10.5. The zero-order chi connectivity index (χ0) is 20.8. The number of rotatable bonds is 8. The summed E-state index contributed by atoms with van der Waals surface area (Å²) in [6, 6.07) is 11.3. The van der Waals surface area contributed by atoms with E-state index >= 15 is 0 Å². The summed E-state index contributed by atoms with van der Waals surface area (Å²) in [5, 5.41) is 5.30. The minimum atomic E-state index is -0.0875. The number of hydrogen-bond donors (Lipinski definition) is 1. The van der Waals surface area contributed by atoms with Gasteiger partial charge < -0.3 is 19.5 Å². The summed E-state index contributed by atoms with van der Waals surface area (Å²) >= 11 is 4.83. The van der Waals surface area contributed by atoms with Gasteiger partial charge in [0.2, 0.25) is 5.91 Å². The summed E-state index contributed by atoms with van der Waals surface area (Å²) in [6.45, 7) is 0. The van der Waals surface area contributed by atoms with E-state index in [4.69, 9.17) is 14.2 Å². The Hall–Kier alpha value is -2.58. The molecule has 0 saturated heterocycles. The number of aryl methyl sites for hydroxylation is 1. The van der Waals surface area contributed by atoms with Crippen LogP contribution in [0.2, 0.25) is 0 Å². The van der Waals surface area contributed by atoms with Gasteiger partial charge in [0.1, 0.15) is 17.2 Å². The number of amides is 1. The first-order chi connectivity index (χ1) is 14.0. The van der Waals surface area contributed by atoms with Crippen molar-refractivity contribution in [1.82, 2.24) is 4.98 Å². The van der Waals surface area contributed by atoms with Gasteiger partial charge in [0.15, 0.2) is 5.13 Å². The van der Waals surface area contributed by atoms with Crippen molar-refractivity contribution in [3.63, 3.8) is 0 Å². The number of anilines is 1. The number of carbonyl (C=O) groups is 1. The Morgan fingerprint density at radius 3 is 2.52 bits per heavy atom. The van der Waals surface area contributed by atoms with E-state index in [1.54, 1.807) is 21.3 Å². The number of halogens is 1. The number of thiazole rings is 1. The van der Waals surface area contributed by atoms with E-state index < -0.39 is 0 Å². The van der Waals surface area contributed by atoms with E-state index in [-0.39, 0.29) is 5.91 Å². The third kappa shape index (κ3) is 5.27. The summed E-state index contributed by atoms with van der Waals surface area (Å²) in [5.41, 5.74) is 2.58. The number of carbonyl (C=O) groups excluding carboxylic acids is 1. The molecule has 0 fully saturated rings. The third-order valence-electron chi connectivity index (χ3n) is 4.29. The van der Waals surface area contributed by atoms with Crippen molar-refractivity contribution >= 4 is 38.3 Å². The number of aromatic nitrogens is 1. The second kappa shape index (κ2) is 9.76. The molecule has 0 spiro atoms. The van der Waals surface area contributed by atoms with Crippen LogP contribution in [0, 0.1) is 0 Å². The summed E-state index contributed by atoms with van der Waals surface area (Å²) < 4.78 is 16.8. The average Bonchev–Trinajstić information content (AvgIpc) is 3.20. The van der Waals surface area contributed by atoms with E-state index in [1.165, 1.54) is 11.3 Å². The Kier molecular flexibility index (Phi) is 7.11. The van der Waals surface area contributed by atoms with E-state index in [0.29, 0.717) is 29.5 Å². The van der Waals surface area contributed by atoms with Crippen LogP contribution in [-0.4, -0.2) is 32.2 Å². The molecule has 6 nitrogen and oxygen atoms in total. The highest BCUT2D eigenvalue weighted by molar-refractivity contribution is 9.10. The van der Waals surface area contributed by atoms with Crippen LogP contribution in [0.1, 0.15) is 12.0 Å². The van der Waals surface area contributed by atoms with Crippen molar-refractivity contribution < 1.29 is 19.0 Å². The third-order valence-corrected chi connectivity index (χ3v) is 5.67. The Bertz CT molecular complexity index is 1010. The van der Waals surface area contributed by atoms with E-state index in [9.17, 15) is 4.79 Å². The van der Waals surface area contributed by atoms with Crippen LogP contribution >= 0.6 is 27.3 Å². The summed E-state index contributed by atoms with van der Waals surface area (Å²) in [7, 11) is 4.84. The number of benzene rings is 2. The Morgan fingerprint density at radius 2 is 1.83 bits per heavy atom. The molecule has 8 heteroatoms. The molecule has 0 unspecified atom stereocenters. The van der Waals surface area contributed by atoms with Crippen LogP contribution < -0.4 is 19.5 Å². The Balaban J connectivity index is 1.64. The monoisotopic (exact) mass is 476 g/mol. The molecule has 2 aromatic carbocycles. The second-order valence-electron chi connectivity index (χ2n) is 6.12. The van der Waals surface area contributed by atoms with Crippen LogP contribution in [0.25, 0.3) is 11.3 Å². The predicted molar refractivity (Wildman–Crippen MR) is 118 cm³/mol. The topological polar surface area (TPSA) is 69.7 Å². The largest absolute Gasteiger partial charge is 0.497 e. The first-order valence-corrected chi connectivity index (χ1v) is 10.5. The Labute approximate surface area is 182 Å². The SMILES string of the molecule is COc1ccc(OC)c(-c2csc(NC(=O)CCc3ccc(OC)c(Br)c3)n2)c1. The minimum Gasteiger partial charge on any atom is -0.497 e. The molecule has 0 radical (unpaired) electrons. The van der Waals surface area contributed by atoms with Gasteiger partial charge in [-0.3, -0.25) is 4.79 Å². The summed E-state index contributed by atoms with van der Waals surface area (Å²) in [4.78, 5) is 16.9. The van der Waals surface area contributed by atoms with Gasteiger partial charge in [0.25, 0.3) is 0 Å². The highest BCUT2D eigenvalue weighted by atomic mass is 79.9. The van der Waals surface area contributed by atoms with Crippen molar-refractivity contribution in [1.29, 1.82) is 0 Å². The zero-order valence-corrected chi connectivity index (χ0v) is 18.7. The molecule has 1 N–H and O–H groups in total. The quantitative estimate of drug-likeness (QED) is 0.485. The van der Waals surface area contributed by atoms with E-state index in [1.807, 2.05) is 41.8 Å². The van der Waals surface area contributed by atoms with Gasteiger partial charge in [-0.15, -0.1) is 11.3 Å². The average molecular weight is 477 g/mol. The van der Waals surface area contributed by atoms with Crippen molar-refractivity contribution in [2.45, 2.75) is 12.8 Å². The van der Waals surface area contributed by atoms with Crippen LogP contribution in [0.15, 0.2) is 46.3 Å². The number of hydrogen-bond acceptors (Lipinski definition) is 6. The molecule has 0 aliphatic rings. The fraction of sp³-hybridized carbons (Fsp3) is 0.238. The standard InChI is InChI=1S/C21H21BrN2O4S/c1-26-14-6-8-18(27-2)15(11-14)17-12-29-21(23-17)24-20(25)9-5-13-4-7-19(28-3)16(22)10-13/h4,6-8,10-12H,5,9H2,1-3H3,(H,23,24,25). The molecule has 0 atom stereocenters. The number of nitrogens with one attached hydrogen (secondary N) is 1. The van der Waals surface area contributed by atoms with E-state index in [2.05, 4.69) is 26.2 Å². The van der Waals surface area contributed by atoms with Crippen molar-refractivity contribution in [2.24, 2.45) is 0 Å². The van der Waals surface area contributed by atoms with Gasteiger partial charge in [0, 0.05) is 17.4 Å². The fourth-order valence-corrected chi connectivity index (χ4v) is 4.09. The molecule has 0 aliphatic carbocycles. The minimum absolute atomic E-state index is 0.0875. The van der Waals surface area contributed by atoms with Crippen LogP contribution in [-0.2, 0) is 11.2 Å². The highest BCUT2D eigenvalue weighted by Gasteiger charge is 2.13. The van der Waals surface area contributed by atoms with E-state index in [0.717, 1.165) is 27.0 Å². The molecular weight excluding hydrogens is 456 g/mol. The van der Waals surface area contributed by atoms with Crippen LogP contribution in [0.3, 0.4) is 0 Å². The predicted octanol–water partition coefficient (Wildman–Crippen LogP) is 5.17. The molecule has 3 rings (SSSR count). The number of ether oxygens (including phenoxy) is 3. The van der Waals surface area contributed by atoms with Gasteiger partial charge in [-0.1, -0.05) is 6.07 Å². The van der Waals surface area contributed by atoms with Crippen LogP contribution in [0.4, 0.5) is 5.13 Å². The molecule has 1 amide bonds. The lowest BCUT2D eigenvalue weighted by Crippen LogP contribution is -2.12. The highest BCUT2D eigenvalue weighted by Crippen LogP contribution is 2.35. The molecule has 0 bridgehead atoms. The molecule has 29 heavy (non-hydrogen) atoms. The molecule has 0 aliphatic heterocycles. The lowest BCUT2D eigenvalue weighted by atomic mass is 10.1. The summed E-state index contributed by atoms with van der Waals surface area (Å²) in [5.74, 6) is 2.08. The molecular formula is C21H21BrN2O4S. The molecule has 3 aromatic rings. The smallest absolute Gasteiger partial charge is 0.226 e. The van der Waals surface area contributed by atoms with Gasteiger partial charge in [0.05, 0.1) is 31.5 Å². The maximum atomic E-state index is 12.3. The lowest BCUT2D eigenvalue weighted by molar-refractivity contribution is -0.116. The zero-order valence-electron chi connectivity index (χ0n) is 16.3. The maximum Gasteiger partial charge on any atom is 0.226 e. The molecule has 1 aromatic heterocycles. The van der Waals surface area contributed by atoms with Gasteiger partial charge in [-0.05, 0) is 58.2 Å². The Morgan fingerprint density at radius 1 is 1.07 bits per heavy atom. The molecule has 1 heterocycles. The lowest BCUT2D eigenvalue weighted by Gasteiger charge is -2.08. The fourth-order valence-electron chi connectivity index (χ4n) is 2.77. The molecule has 152 valence electrons. The number of nitrogens with zero attached hydrogens (tertiary/aromatic N) is 1. The second-order valence-corrected chi connectivity index (χ2v) is 7.83. The van der Waals surface area contributed by atoms with Crippen molar-refractivity contribution in [3.8, 4) is 28.5 Å². The summed E-state index contributed by atoms with van der Waals surface area (Å²) in [6.07, 6.45) is 0.979. The number of methoxy groups -OCH3 is 3.